The first-order valence-corrected chi connectivity index (χ1v) is 13.1. The smallest absolute Gasteiger partial charge is 0.362 e. The molecule has 0 spiro atoms. The lowest BCUT2D eigenvalue weighted by Gasteiger charge is -2.29. The van der Waals surface area contributed by atoms with Gasteiger partial charge in [-0.3, -0.25) is 19.2 Å². The third kappa shape index (κ3) is 8.74. The number of hydrogen-bond donors (Lipinski definition) is 3. The third-order valence-corrected chi connectivity index (χ3v) is 7.25. The van der Waals surface area contributed by atoms with E-state index < -0.39 is 47.8 Å². The van der Waals surface area contributed by atoms with Crippen molar-refractivity contribution in [3.8, 4) is 6.07 Å². The minimum atomic E-state index is -4.86. The molecule has 3 amide bonds. The number of nitrogens with two attached hydrogens (primary N) is 1. The van der Waals surface area contributed by atoms with Gasteiger partial charge in [0.1, 0.15) is 12.1 Å². The van der Waals surface area contributed by atoms with Crippen molar-refractivity contribution in [3.63, 3.8) is 0 Å². The van der Waals surface area contributed by atoms with E-state index in [-0.39, 0.29) is 30.4 Å². The van der Waals surface area contributed by atoms with E-state index in [0.717, 1.165) is 17.9 Å². The van der Waals surface area contributed by atoms with Crippen molar-refractivity contribution in [2.75, 3.05) is 6.54 Å². The van der Waals surface area contributed by atoms with Crippen LogP contribution in [0, 0.1) is 36.0 Å². The van der Waals surface area contributed by atoms with Crippen molar-refractivity contribution >= 4 is 28.6 Å². The highest BCUT2D eigenvalue weighted by atomic mass is 19.4. The SMILES string of the molecule is Cc1ccc2[nH]c(=O)c(CC(C#N)NC(=O)[C@@H]3C[C@@H](C(C)C)CN3C(=O)C(C)C(C)(F)F)cc2c1.NC(=O)C(F)(F)F. The highest BCUT2D eigenvalue weighted by molar-refractivity contribution is 5.90. The zero-order valence-electron chi connectivity index (χ0n) is 23.8. The monoisotopic (exact) mass is 599 g/mol. The van der Waals surface area contributed by atoms with E-state index in [0.29, 0.717) is 24.4 Å². The molecule has 42 heavy (non-hydrogen) atoms. The predicted molar refractivity (Wildman–Crippen MR) is 144 cm³/mol. The number of fused-ring (bicyclic) bond motifs is 1. The molecule has 0 aliphatic carbocycles. The number of halogens is 5. The second kappa shape index (κ2) is 13.3. The number of nitrogens with zero attached hydrogens (tertiary/aromatic N) is 2. The quantitative estimate of drug-likeness (QED) is 0.416. The van der Waals surface area contributed by atoms with Gasteiger partial charge in [-0.25, -0.2) is 8.78 Å². The summed E-state index contributed by atoms with van der Waals surface area (Å²) >= 11 is 0. The second-order valence-corrected chi connectivity index (χ2v) is 10.9. The van der Waals surface area contributed by atoms with Gasteiger partial charge in [-0.1, -0.05) is 25.5 Å². The van der Waals surface area contributed by atoms with Crippen LogP contribution in [0.1, 0.15) is 45.2 Å². The molecule has 0 bridgehead atoms. The molecule has 0 radical (unpaired) electrons. The lowest BCUT2D eigenvalue weighted by molar-refractivity contribution is -0.169. The fraction of sp³-hybridized carbons (Fsp3) is 0.536. The number of carbonyl (C=O) groups is 3. The molecule has 1 aromatic carbocycles. The highest BCUT2D eigenvalue weighted by Crippen LogP contribution is 2.33. The van der Waals surface area contributed by atoms with E-state index in [1.165, 1.54) is 4.90 Å². The van der Waals surface area contributed by atoms with Crippen molar-refractivity contribution in [1.29, 1.82) is 5.26 Å². The molecule has 3 rings (SSSR count). The lowest BCUT2D eigenvalue weighted by Crippen LogP contribution is -2.51. The minimum absolute atomic E-state index is 0.0283. The summed E-state index contributed by atoms with van der Waals surface area (Å²) in [5.74, 6) is -8.30. The van der Waals surface area contributed by atoms with Gasteiger partial charge in [0.25, 0.3) is 11.5 Å². The number of H-pyrrole nitrogens is 1. The molecule has 9 nitrogen and oxygen atoms in total. The Hall–Kier alpha value is -4.02. The van der Waals surface area contributed by atoms with Gasteiger partial charge in [0, 0.05) is 31.0 Å². The summed E-state index contributed by atoms with van der Waals surface area (Å²) in [7, 11) is 0. The van der Waals surface area contributed by atoms with E-state index in [4.69, 9.17) is 4.79 Å². The molecule has 1 aliphatic heterocycles. The van der Waals surface area contributed by atoms with Gasteiger partial charge in [-0.2, -0.15) is 18.4 Å². The van der Waals surface area contributed by atoms with Gasteiger partial charge in [0.15, 0.2) is 0 Å². The van der Waals surface area contributed by atoms with E-state index in [1.807, 2.05) is 39.0 Å². The summed E-state index contributed by atoms with van der Waals surface area (Å²) in [5, 5.41) is 13.1. The summed E-state index contributed by atoms with van der Waals surface area (Å²) in [4.78, 5) is 51.7. The minimum Gasteiger partial charge on any atom is -0.362 e. The van der Waals surface area contributed by atoms with E-state index in [1.54, 1.807) is 12.1 Å². The molecule has 4 atom stereocenters. The second-order valence-electron chi connectivity index (χ2n) is 10.9. The van der Waals surface area contributed by atoms with Crippen LogP contribution in [-0.4, -0.2) is 58.3 Å². The first kappa shape index (κ1) is 34.2. The van der Waals surface area contributed by atoms with Crippen LogP contribution < -0.4 is 16.6 Å². The zero-order chi connectivity index (χ0) is 32.2. The standard InChI is InChI=1S/C26H32F2N4O3.C2H2F3NO/c1-14(2)19-11-22(32(13-19)25(35)16(4)26(5,27)28)24(34)30-20(12-29)10-18-9-17-8-15(3)6-7-21(17)31-23(18)33;3-2(4,5)1(6)7/h6-9,14,16,19-20,22H,10-11,13H2,1-5H3,(H,30,34)(H,31,33);(H2,6,7)/t16?,19-,20?,22+;/m1./s1. The Morgan fingerprint density at radius 1 is 1.17 bits per heavy atom. The number of pyridine rings is 1. The molecule has 1 saturated heterocycles. The van der Waals surface area contributed by atoms with E-state index in [9.17, 15) is 41.6 Å². The van der Waals surface area contributed by atoms with Crippen molar-refractivity contribution in [3.05, 3.63) is 45.7 Å². The van der Waals surface area contributed by atoms with Crippen molar-refractivity contribution in [2.24, 2.45) is 23.5 Å². The number of likely N-dealkylation sites (tertiary alicyclic amines) is 1. The summed E-state index contributed by atoms with van der Waals surface area (Å²) in [6, 6.07) is 7.33. The molecule has 1 aromatic heterocycles. The number of nitrogens with one attached hydrogen (secondary N) is 2. The van der Waals surface area contributed by atoms with Crippen LogP contribution in [0.5, 0.6) is 0 Å². The molecule has 2 unspecified atom stereocenters. The predicted octanol–water partition coefficient (Wildman–Crippen LogP) is 3.59. The fourth-order valence-electron chi connectivity index (χ4n) is 4.45. The Labute approximate surface area is 239 Å². The Balaban J connectivity index is 0.000000782. The van der Waals surface area contributed by atoms with Crippen molar-refractivity contribution < 1.29 is 36.3 Å². The normalized spacial score (nSPS) is 18.6. The average Bonchev–Trinajstić information content (AvgIpc) is 3.33. The molecule has 4 N–H and O–H groups in total. The van der Waals surface area contributed by atoms with Crippen LogP contribution >= 0.6 is 0 Å². The molecule has 1 aliphatic rings. The number of aryl methyl sites for hydroxylation is 1. The maximum absolute atomic E-state index is 13.9. The number of alkyl halides is 5. The van der Waals surface area contributed by atoms with Gasteiger partial charge >= 0.3 is 12.1 Å². The van der Waals surface area contributed by atoms with Crippen LogP contribution in [0.3, 0.4) is 0 Å². The average molecular weight is 600 g/mol. The van der Waals surface area contributed by atoms with Gasteiger partial charge in [0.05, 0.1) is 12.0 Å². The van der Waals surface area contributed by atoms with Crippen LogP contribution in [0.4, 0.5) is 22.0 Å². The van der Waals surface area contributed by atoms with E-state index in [2.05, 4.69) is 16.0 Å². The summed E-state index contributed by atoms with van der Waals surface area (Å²) in [6.45, 7) is 7.89. The van der Waals surface area contributed by atoms with Crippen molar-refractivity contribution in [2.45, 2.75) is 71.6 Å². The molecule has 1 fully saturated rings. The summed E-state index contributed by atoms with van der Waals surface area (Å²) in [6.07, 6.45) is -4.57. The molecule has 2 heterocycles. The van der Waals surface area contributed by atoms with Gasteiger partial charge in [-0.15, -0.1) is 0 Å². The Morgan fingerprint density at radius 2 is 1.76 bits per heavy atom. The van der Waals surface area contributed by atoms with Crippen LogP contribution in [0.2, 0.25) is 0 Å². The molecule has 0 saturated carbocycles. The highest BCUT2D eigenvalue weighted by Gasteiger charge is 2.46. The molecule has 14 heteroatoms. The van der Waals surface area contributed by atoms with Gasteiger partial charge < -0.3 is 20.9 Å². The summed E-state index contributed by atoms with van der Waals surface area (Å²) in [5.41, 5.74) is 5.47. The molecular weight excluding hydrogens is 565 g/mol. The van der Waals surface area contributed by atoms with Crippen molar-refractivity contribution in [1.82, 2.24) is 15.2 Å². The number of carbonyl (C=O) groups excluding carboxylic acids is 3. The van der Waals surface area contributed by atoms with Crippen LogP contribution in [-0.2, 0) is 20.8 Å². The van der Waals surface area contributed by atoms with Gasteiger partial charge in [0.2, 0.25) is 11.8 Å². The summed E-state index contributed by atoms with van der Waals surface area (Å²) < 4.78 is 59.8. The number of amides is 3. The van der Waals surface area contributed by atoms with Crippen LogP contribution in [0.15, 0.2) is 29.1 Å². The maximum atomic E-state index is 13.9. The first-order chi connectivity index (χ1) is 19.3. The number of primary amides is 1. The Bertz CT molecular complexity index is 1410. The lowest BCUT2D eigenvalue weighted by atomic mass is 9.93. The largest absolute Gasteiger partial charge is 0.470 e. The Kier molecular flexibility index (Phi) is 10.8. The van der Waals surface area contributed by atoms with E-state index >= 15 is 0 Å². The number of aromatic amines is 1. The Morgan fingerprint density at radius 3 is 2.26 bits per heavy atom. The number of aromatic nitrogens is 1. The van der Waals surface area contributed by atoms with Gasteiger partial charge in [-0.05, 0) is 55.7 Å². The first-order valence-electron chi connectivity index (χ1n) is 13.1. The topological polar surface area (TPSA) is 149 Å². The molecular formula is C28H34F5N5O4. The molecule has 230 valence electrons. The zero-order valence-corrected chi connectivity index (χ0v) is 23.8. The number of rotatable bonds is 7. The van der Waals surface area contributed by atoms with Crippen LogP contribution in [0.25, 0.3) is 10.9 Å². The number of nitriles is 1. The maximum Gasteiger partial charge on any atom is 0.470 e. The number of benzene rings is 1. The number of hydrogen-bond acceptors (Lipinski definition) is 5. The fourth-order valence-corrected chi connectivity index (χ4v) is 4.45. The third-order valence-electron chi connectivity index (χ3n) is 7.25. The molecule has 2 aromatic rings.